The van der Waals surface area contributed by atoms with Crippen molar-refractivity contribution in [1.29, 1.82) is 0 Å². The van der Waals surface area contributed by atoms with Gasteiger partial charge in [-0.3, -0.25) is 4.79 Å². The summed E-state index contributed by atoms with van der Waals surface area (Å²) in [4.78, 5) is 13.6. The van der Waals surface area contributed by atoms with Crippen molar-refractivity contribution >= 4 is 17.5 Å². The van der Waals surface area contributed by atoms with Gasteiger partial charge in [0, 0.05) is 6.04 Å². The van der Waals surface area contributed by atoms with Gasteiger partial charge < -0.3 is 4.90 Å². The Kier molecular flexibility index (Phi) is 5.15. The van der Waals surface area contributed by atoms with Crippen LogP contribution < -0.4 is 0 Å². The van der Waals surface area contributed by atoms with Crippen LogP contribution >= 0.6 is 11.6 Å². The highest BCUT2D eigenvalue weighted by atomic mass is 35.5. The number of carbonyl (C=O) groups excluding carboxylic acids is 1. The Balaban J connectivity index is 2.82. The Labute approximate surface area is 103 Å². The molecule has 0 radical (unpaired) electrons. The van der Waals surface area contributed by atoms with E-state index in [4.69, 9.17) is 18.0 Å². The Morgan fingerprint density at radius 3 is 2.44 bits per heavy atom. The van der Waals surface area contributed by atoms with Gasteiger partial charge in [0.2, 0.25) is 5.91 Å². The van der Waals surface area contributed by atoms with Crippen LogP contribution in [-0.2, 0) is 4.79 Å². The summed E-state index contributed by atoms with van der Waals surface area (Å²) < 4.78 is 0. The van der Waals surface area contributed by atoms with Crippen molar-refractivity contribution in [2.24, 2.45) is 11.8 Å². The summed E-state index contributed by atoms with van der Waals surface area (Å²) in [6.07, 6.45) is 8.92. The minimum Gasteiger partial charge on any atom is -0.327 e. The zero-order valence-corrected chi connectivity index (χ0v) is 10.8. The zero-order chi connectivity index (χ0) is 12.1. The molecule has 0 unspecified atom stereocenters. The van der Waals surface area contributed by atoms with Gasteiger partial charge in [-0.1, -0.05) is 26.2 Å². The van der Waals surface area contributed by atoms with Crippen LogP contribution in [0, 0.1) is 24.2 Å². The fraction of sp³-hybridized carbons (Fsp3) is 0.769. The predicted molar refractivity (Wildman–Crippen MR) is 67.2 cm³/mol. The maximum Gasteiger partial charge on any atom is 0.238 e. The number of amides is 1. The van der Waals surface area contributed by atoms with E-state index in [1.807, 2.05) is 0 Å². The highest BCUT2D eigenvalue weighted by Crippen LogP contribution is 2.32. The topological polar surface area (TPSA) is 20.3 Å². The van der Waals surface area contributed by atoms with E-state index in [0.717, 1.165) is 0 Å². The van der Waals surface area contributed by atoms with Crippen LogP contribution in [0.2, 0.25) is 0 Å². The number of rotatable bonds is 3. The van der Waals surface area contributed by atoms with Crippen molar-refractivity contribution in [2.75, 3.05) is 12.4 Å². The van der Waals surface area contributed by atoms with Gasteiger partial charge in [0.1, 0.15) is 5.88 Å². The third-order valence-corrected chi connectivity index (χ3v) is 3.77. The lowest BCUT2D eigenvalue weighted by atomic mass is 9.78. The van der Waals surface area contributed by atoms with E-state index < -0.39 is 0 Å². The monoisotopic (exact) mass is 241 g/mol. The fourth-order valence-electron chi connectivity index (χ4n) is 2.81. The molecule has 90 valence electrons. The van der Waals surface area contributed by atoms with Crippen molar-refractivity contribution in [2.45, 2.75) is 39.2 Å². The molecule has 0 aliphatic heterocycles. The van der Waals surface area contributed by atoms with Gasteiger partial charge in [-0.25, -0.2) is 0 Å². The van der Waals surface area contributed by atoms with E-state index >= 15 is 0 Å². The Morgan fingerprint density at radius 1 is 1.44 bits per heavy atom. The van der Waals surface area contributed by atoms with Crippen LogP contribution in [0.5, 0.6) is 0 Å². The molecule has 0 saturated heterocycles. The summed E-state index contributed by atoms with van der Waals surface area (Å²) in [5.41, 5.74) is 0. The first-order valence-electron chi connectivity index (χ1n) is 5.90. The quantitative estimate of drug-likeness (QED) is 0.549. The second-order valence-electron chi connectivity index (χ2n) is 4.74. The van der Waals surface area contributed by atoms with E-state index in [1.165, 1.54) is 19.3 Å². The van der Waals surface area contributed by atoms with Crippen molar-refractivity contribution < 1.29 is 4.79 Å². The summed E-state index contributed by atoms with van der Waals surface area (Å²) in [6.45, 7) is 4.78. The van der Waals surface area contributed by atoms with Crippen molar-refractivity contribution in [1.82, 2.24) is 4.90 Å². The van der Waals surface area contributed by atoms with Crippen LogP contribution in [0.4, 0.5) is 0 Å². The zero-order valence-electron chi connectivity index (χ0n) is 10.1. The lowest BCUT2D eigenvalue weighted by Gasteiger charge is -2.41. The number of alkyl halides is 1. The molecule has 3 heteroatoms. The molecule has 0 bridgehead atoms. The van der Waals surface area contributed by atoms with Crippen LogP contribution in [0.1, 0.15) is 33.1 Å². The molecule has 1 aliphatic rings. The number of hydrogen-bond acceptors (Lipinski definition) is 1. The number of hydrogen-bond donors (Lipinski definition) is 0. The van der Waals surface area contributed by atoms with Crippen LogP contribution in [0.25, 0.3) is 0 Å². The minimum atomic E-state index is -0.0368. The highest BCUT2D eigenvalue weighted by Gasteiger charge is 2.34. The van der Waals surface area contributed by atoms with E-state index in [1.54, 1.807) is 4.90 Å². The summed E-state index contributed by atoms with van der Waals surface area (Å²) in [7, 11) is 0. The standard InChI is InChI=1S/C13H20ClNO/c1-4-8-15(12(16)9-14)13-10(2)6-5-7-11(13)3/h1,10-11,13H,5-9H2,2-3H3/t10-,11-/m1/s1. The van der Waals surface area contributed by atoms with Gasteiger partial charge in [0.05, 0.1) is 6.54 Å². The average Bonchev–Trinajstić information content (AvgIpc) is 2.26. The molecule has 2 atom stereocenters. The van der Waals surface area contributed by atoms with Gasteiger partial charge >= 0.3 is 0 Å². The largest absolute Gasteiger partial charge is 0.327 e. The number of nitrogens with zero attached hydrogens (tertiary/aromatic N) is 1. The van der Waals surface area contributed by atoms with Crippen molar-refractivity contribution in [3.05, 3.63) is 0 Å². The maximum atomic E-state index is 11.8. The Bertz CT molecular complexity index is 274. The fourth-order valence-corrected chi connectivity index (χ4v) is 2.97. The Hall–Kier alpha value is -0.680. The average molecular weight is 242 g/mol. The second-order valence-corrected chi connectivity index (χ2v) is 5.00. The van der Waals surface area contributed by atoms with Gasteiger partial charge in [0.25, 0.3) is 0 Å². The van der Waals surface area contributed by atoms with Crippen LogP contribution in [-0.4, -0.2) is 29.3 Å². The molecular formula is C13H20ClNO. The molecular weight excluding hydrogens is 222 g/mol. The van der Waals surface area contributed by atoms with Crippen molar-refractivity contribution in [3.63, 3.8) is 0 Å². The van der Waals surface area contributed by atoms with Gasteiger partial charge in [-0.05, 0) is 24.7 Å². The number of carbonyl (C=O) groups is 1. The minimum absolute atomic E-state index is 0.0254. The summed E-state index contributed by atoms with van der Waals surface area (Å²) in [6, 6.07) is 0.260. The van der Waals surface area contributed by atoms with E-state index in [0.29, 0.717) is 18.4 Å². The Morgan fingerprint density at radius 2 is 2.00 bits per heavy atom. The molecule has 1 aliphatic carbocycles. The first-order chi connectivity index (χ1) is 7.61. The molecule has 1 saturated carbocycles. The smallest absolute Gasteiger partial charge is 0.238 e. The SMILES string of the molecule is C#CCN(C(=O)CCl)C1[C@H](C)CCC[C@H]1C. The maximum absolute atomic E-state index is 11.8. The summed E-state index contributed by atoms with van der Waals surface area (Å²) >= 11 is 5.64. The summed E-state index contributed by atoms with van der Waals surface area (Å²) in [5, 5.41) is 0. The lowest BCUT2D eigenvalue weighted by Crippen LogP contribution is -2.49. The third-order valence-electron chi connectivity index (χ3n) is 3.54. The highest BCUT2D eigenvalue weighted by molar-refractivity contribution is 6.27. The number of halogens is 1. The van der Waals surface area contributed by atoms with E-state index in [9.17, 15) is 4.79 Å². The second kappa shape index (κ2) is 6.15. The van der Waals surface area contributed by atoms with E-state index in [-0.39, 0.29) is 17.8 Å². The molecule has 0 aromatic carbocycles. The molecule has 0 aromatic heterocycles. The normalized spacial score (nSPS) is 26.1. The molecule has 1 rings (SSSR count). The molecule has 0 spiro atoms. The predicted octanol–water partition coefficient (Wildman–Crippen LogP) is 2.51. The summed E-state index contributed by atoms with van der Waals surface area (Å²) in [5.74, 6) is 3.59. The van der Waals surface area contributed by atoms with E-state index in [2.05, 4.69) is 19.8 Å². The molecule has 0 N–H and O–H groups in total. The first kappa shape index (κ1) is 13.4. The number of terminal acetylenes is 1. The first-order valence-corrected chi connectivity index (χ1v) is 6.44. The van der Waals surface area contributed by atoms with Crippen LogP contribution in [0.3, 0.4) is 0 Å². The molecule has 1 amide bonds. The van der Waals surface area contributed by atoms with Gasteiger partial charge in [-0.2, -0.15) is 0 Å². The third kappa shape index (κ3) is 2.92. The van der Waals surface area contributed by atoms with Crippen molar-refractivity contribution in [3.8, 4) is 12.3 Å². The molecule has 16 heavy (non-hydrogen) atoms. The lowest BCUT2D eigenvalue weighted by molar-refractivity contribution is -0.133. The molecule has 0 heterocycles. The van der Waals surface area contributed by atoms with Crippen LogP contribution in [0.15, 0.2) is 0 Å². The molecule has 0 aromatic rings. The molecule has 1 fully saturated rings. The van der Waals surface area contributed by atoms with Gasteiger partial charge in [0.15, 0.2) is 0 Å². The molecule has 2 nitrogen and oxygen atoms in total. The van der Waals surface area contributed by atoms with Gasteiger partial charge in [-0.15, -0.1) is 18.0 Å².